The first kappa shape index (κ1) is 16.0. The highest BCUT2D eigenvalue weighted by Crippen LogP contribution is 2.48. The largest absolute Gasteiger partial charge is 0.289 e. The number of hydrogen-bond acceptors (Lipinski definition) is 1. The van der Waals surface area contributed by atoms with Gasteiger partial charge in [-0.3, -0.25) is 4.79 Å². The molecule has 23 heavy (non-hydrogen) atoms. The van der Waals surface area contributed by atoms with Crippen LogP contribution in [0.3, 0.4) is 0 Å². The van der Waals surface area contributed by atoms with Gasteiger partial charge in [0.05, 0.1) is 0 Å². The van der Waals surface area contributed by atoms with Gasteiger partial charge in [-0.05, 0) is 24.0 Å². The van der Waals surface area contributed by atoms with Crippen molar-refractivity contribution in [1.82, 2.24) is 0 Å². The van der Waals surface area contributed by atoms with Crippen molar-refractivity contribution < 1.29 is 4.79 Å². The van der Waals surface area contributed by atoms with E-state index in [-0.39, 0.29) is 11.2 Å². The van der Waals surface area contributed by atoms with Gasteiger partial charge in [0.1, 0.15) is 0 Å². The minimum Gasteiger partial charge on any atom is -0.289 e. The average molecular weight is 306 g/mol. The van der Waals surface area contributed by atoms with Crippen LogP contribution in [0.25, 0.3) is 0 Å². The fourth-order valence-corrected chi connectivity index (χ4v) is 4.11. The minimum absolute atomic E-state index is 0.00706. The molecule has 1 aliphatic rings. The molecule has 0 aliphatic heterocycles. The van der Waals surface area contributed by atoms with Crippen molar-refractivity contribution in [3.05, 3.63) is 70.8 Å². The summed E-state index contributed by atoms with van der Waals surface area (Å²) in [4.78, 5) is 12.9. The van der Waals surface area contributed by atoms with E-state index in [0.29, 0.717) is 0 Å². The van der Waals surface area contributed by atoms with E-state index in [9.17, 15) is 4.79 Å². The summed E-state index contributed by atoms with van der Waals surface area (Å²) in [6, 6.07) is 16.6. The monoisotopic (exact) mass is 306 g/mol. The first-order valence-electron chi connectivity index (χ1n) is 8.98. The molecule has 2 aromatic rings. The maximum absolute atomic E-state index is 12.9. The molecule has 1 heteroatoms. The van der Waals surface area contributed by atoms with Crippen LogP contribution in [0.4, 0.5) is 0 Å². The number of benzene rings is 2. The van der Waals surface area contributed by atoms with Gasteiger partial charge in [-0.2, -0.15) is 0 Å². The van der Waals surface area contributed by atoms with Crippen LogP contribution in [0.15, 0.2) is 48.5 Å². The highest BCUT2D eigenvalue weighted by atomic mass is 16.1. The van der Waals surface area contributed by atoms with Gasteiger partial charge < -0.3 is 0 Å². The number of carbonyl (C=O) groups excluding carboxylic acids is 1. The third-order valence-corrected chi connectivity index (χ3v) is 5.29. The fraction of sp³-hybridized carbons (Fsp3) is 0.409. The molecule has 0 aromatic heterocycles. The Bertz CT molecular complexity index is 639. The van der Waals surface area contributed by atoms with Gasteiger partial charge in [0.25, 0.3) is 0 Å². The van der Waals surface area contributed by atoms with E-state index < -0.39 is 0 Å². The second kappa shape index (κ2) is 6.70. The first-order chi connectivity index (χ1) is 11.2. The minimum atomic E-state index is 0.00706. The summed E-state index contributed by atoms with van der Waals surface area (Å²) in [5.74, 6) is 0.194. The topological polar surface area (TPSA) is 17.1 Å². The molecule has 0 amide bonds. The Morgan fingerprint density at radius 1 is 0.739 bits per heavy atom. The summed E-state index contributed by atoms with van der Waals surface area (Å²) in [7, 11) is 0. The molecule has 3 rings (SSSR count). The molecule has 0 atom stereocenters. The quantitative estimate of drug-likeness (QED) is 0.649. The lowest BCUT2D eigenvalue weighted by atomic mass is 9.61. The molecule has 0 radical (unpaired) electrons. The number of fused-ring (bicyclic) bond motifs is 2. The fourth-order valence-electron chi connectivity index (χ4n) is 4.11. The summed E-state index contributed by atoms with van der Waals surface area (Å²) < 4.78 is 0. The summed E-state index contributed by atoms with van der Waals surface area (Å²) in [5.41, 5.74) is 4.35. The van der Waals surface area contributed by atoms with Crippen LogP contribution in [0.1, 0.15) is 79.4 Å². The molecule has 1 aliphatic carbocycles. The summed E-state index contributed by atoms with van der Waals surface area (Å²) in [6.45, 7) is 4.50. The smallest absolute Gasteiger partial charge is 0.193 e. The van der Waals surface area contributed by atoms with Gasteiger partial charge in [0.15, 0.2) is 5.78 Å². The van der Waals surface area contributed by atoms with Crippen LogP contribution in [0.5, 0.6) is 0 Å². The van der Waals surface area contributed by atoms with Gasteiger partial charge in [-0.15, -0.1) is 0 Å². The van der Waals surface area contributed by atoms with Crippen molar-refractivity contribution in [2.24, 2.45) is 0 Å². The van der Waals surface area contributed by atoms with Crippen molar-refractivity contribution in [1.29, 1.82) is 0 Å². The van der Waals surface area contributed by atoms with Crippen LogP contribution in [-0.2, 0) is 5.41 Å². The predicted molar refractivity (Wildman–Crippen MR) is 96.1 cm³/mol. The van der Waals surface area contributed by atoms with Crippen molar-refractivity contribution in [2.45, 2.75) is 57.8 Å². The lowest BCUT2D eigenvalue weighted by Gasteiger charge is -2.41. The van der Waals surface area contributed by atoms with Crippen molar-refractivity contribution >= 4 is 5.78 Å². The zero-order chi connectivity index (χ0) is 16.3. The van der Waals surface area contributed by atoms with Crippen LogP contribution >= 0.6 is 0 Å². The number of unbranched alkanes of at least 4 members (excludes halogenated alkanes) is 2. The molecule has 0 saturated heterocycles. The summed E-state index contributed by atoms with van der Waals surface area (Å²) in [5, 5.41) is 0. The molecule has 2 aromatic carbocycles. The van der Waals surface area contributed by atoms with Crippen LogP contribution in [0.2, 0.25) is 0 Å². The third-order valence-electron chi connectivity index (χ3n) is 5.29. The number of ketones is 1. The van der Waals surface area contributed by atoms with Crippen LogP contribution < -0.4 is 0 Å². The molecule has 1 nitrogen and oxygen atoms in total. The molecule has 0 N–H and O–H groups in total. The van der Waals surface area contributed by atoms with Gasteiger partial charge in [-0.1, -0.05) is 88.1 Å². The maximum atomic E-state index is 12.9. The van der Waals surface area contributed by atoms with E-state index in [0.717, 1.165) is 24.0 Å². The van der Waals surface area contributed by atoms with E-state index in [1.54, 1.807) is 0 Å². The SMILES string of the molecule is CCCCC1(CCCC)c2ccccc2C(=O)c2ccccc21. The normalized spacial score (nSPS) is 15.1. The Morgan fingerprint density at radius 2 is 1.17 bits per heavy atom. The van der Waals surface area contributed by atoms with E-state index in [2.05, 4.69) is 38.1 Å². The van der Waals surface area contributed by atoms with Crippen molar-refractivity contribution in [2.75, 3.05) is 0 Å². The maximum Gasteiger partial charge on any atom is 0.193 e. The second-order valence-electron chi connectivity index (χ2n) is 6.71. The number of carbonyl (C=O) groups is 1. The first-order valence-corrected chi connectivity index (χ1v) is 8.98. The Hall–Kier alpha value is -1.89. The van der Waals surface area contributed by atoms with E-state index in [1.165, 1.54) is 36.8 Å². The third kappa shape index (κ3) is 2.63. The zero-order valence-electron chi connectivity index (χ0n) is 14.3. The predicted octanol–water partition coefficient (Wildman–Crippen LogP) is 5.90. The summed E-state index contributed by atoms with van der Waals surface area (Å²) in [6.07, 6.45) is 7.02. The Balaban J connectivity index is 2.24. The molecule has 0 unspecified atom stereocenters. The van der Waals surface area contributed by atoms with Gasteiger partial charge in [0, 0.05) is 16.5 Å². The summed E-state index contributed by atoms with van der Waals surface area (Å²) >= 11 is 0. The molecule has 0 spiro atoms. The Kier molecular flexibility index (Phi) is 4.66. The van der Waals surface area contributed by atoms with Crippen LogP contribution in [0, 0.1) is 0 Å². The van der Waals surface area contributed by atoms with Crippen LogP contribution in [-0.4, -0.2) is 5.78 Å². The van der Waals surface area contributed by atoms with Crippen molar-refractivity contribution in [3.63, 3.8) is 0 Å². The second-order valence-corrected chi connectivity index (χ2v) is 6.71. The average Bonchev–Trinajstić information content (AvgIpc) is 2.61. The van der Waals surface area contributed by atoms with E-state index in [1.807, 2.05) is 24.3 Å². The molecule has 0 saturated carbocycles. The molecule has 120 valence electrons. The molecular formula is C22H26O. The zero-order valence-corrected chi connectivity index (χ0v) is 14.3. The molecule has 0 heterocycles. The molecule has 0 bridgehead atoms. The standard InChI is InChI=1S/C22H26O/c1-3-5-15-22(16-6-4-2)19-13-9-7-11-17(19)21(23)18-12-8-10-14-20(18)22/h7-14H,3-6,15-16H2,1-2H3. The van der Waals surface area contributed by atoms with Gasteiger partial charge in [0.2, 0.25) is 0 Å². The highest BCUT2D eigenvalue weighted by molar-refractivity contribution is 6.13. The number of hydrogen-bond donors (Lipinski definition) is 0. The molecule has 0 fully saturated rings. The van der Waals surface area contributed by atoms with Crippen molar-refractivity contribution in [3.8, 4) is 0 Å². The van der Waals surface area contributed by atoms with E-state index >= 15 is 0 Å². The van der Waals surface area contributed by atoms with E-state index in [4.69, 9.17) is 0 Å². The number of rotatable bonds is 6. The van der Waals surface area contributed by atoms with Gasteiger partial charge in [-0.25, -0.2) is 0 Å². The Morgan fingerprint density at radius 3 is 1.61 bits per heavy atom. The lowest BCUT2D eigenvalue weighted by Crippen LogP contribution is -2.36. The molecular weight excluding hydrogens is 280 g/mol. The highest BCUT2D eigenvalue weighted by Gasteiger charge is 2.42. The Labute approximate surface area is 139 Å². The lowest BCUT2D eigenvalue weighted by molar-refractivity contribution is 0.102. The van der Waals surface area contributed by atoms with Gasteiger partial charge >= 0.3 is 0 Å².